The van der Waals surface area contributed by atoms with E-state index in [-0.39, 0.29) is 5.78 Å². The zero-order chi connectivity index (χ0) is 15.6. The number of carbonyl (C=O) groups is 1. The number of ketones is 1. The summed E-state index contributed by atoms with van der Waals surface area (Å²) >= 11 is 0. The fourth-order valence-electron chi connectivity index (χ4n) is 3.13. The predicted octanol–water partition coefficient (Wildman–Crippen LogP) is 5.15. The molecule has 0 heterocycles. The Bertz CT molecular complexity index is 904. The van der Waals surface area contributed by atoms with Crippen molar-refractivity contribution < 1.29 is 4.79 Å². The molecule has 0 spiro atoms. The van der Waals surface area contributed by atoms with E-state index < -0.39 is 0 Å². The van der Waals surface area contributed by atoms with E-state index in [1.54, 1.807) is 6.08 Å². The average Bonchev–Trinajstić information content (AvgIpc) is 2.98. The lowest BCUT2D eigenvalue weighted by Crippen LogP contribution is -1.95. The Hall–Kier alpha value is -2.93. The van der Waals surface area contributed by atoms with E-state index in [4.69, 9.17) is 0 Å². The van der Waals surface area contributed by atoms with Gasteiger partial charge in [-0.05, 0) is 46.4 Å². The highest BCUT2D eigenvalue weighted by atomic mass is 16.1. The molecule has 0 saturated heterocycles. The molecule has 0 unspecified atom stereocenters. The minimum absolute atomic E-state index is 0.0487. The number of hydrogen-bond donors (Lipinski definition) is 0. The minimum atomic E-state index is 0.0487. The zero-order valence-corrected chi connectivity index (χ0v) is 12.7. The van der Waals surface area contributed by atoms with Crippen LogP contribution in [0.4, 0.5) is 0 Å². The van der Waals surface area contributed by atoms with Crippen LogP contribution in [0.5, 0.6) is 0 Å². The second-order valence-corrected chi connectivity index (χ2v) is 5.81. The second kappa shape index (κ2) is 5.69. The molecule has 1 aliphatic carbocycles. The minimum Gasteiger partial charge on any atom is -0.289 e. The van der Waals surface area contributed by atoms with E-state index in [1.165, 1.54) is 22.3 Å². The van der Waals surface area contributed by atoms with Crippen molar-refractivity contribution in [1.29, 1.82) is 0 Å². The smallest absolute Gasteiger partial charge is 0.185 e. The van der Waals surface area contributed by atoms with Gasteiger partial charge in [0.1, 0.15) is 0 Å². The van der Waals surface area contributed by atoms with Gasteiger partial charge in [0, 0.05) is 5.56 Å². The molecule has 3 aromatic carbocycles. The highest BCUT2D eigenvalue weighted by Gasteiger charge is 2.18. The van der Waals surface area contributed by atoms with Gasteiger partial charge in [0.05, 0.1) is 0 Å². The summed E-state index contributed by atoms with van der Waals surface area (Å²) in [5, 5.41) is 0. The molecule has 1 aliphatic rings. The van der Waals surface area contributed by atoms with Gasteiger partial charge < -0.3 is 0 Å². The summed E-state index contributed by atoms with van der Waals surface area (Å²) in [4.78, 5) is 12.4. The van der Waals surface area contributed by atoms with Crippen LogP contribution in [0.25, 0.3) is 17.2 Å². The lowest BCUT2D eigenvalue weighted by atomic mass is 10.0. The maximum atomic E-state index is 12.4. The van der Waals surface area contributed by atoms with Gasteiger partial charge in [0.15, 0.2) is 5.78 Å². The standard InChI is InChI=1S/C22H16O/c23-22(13-10-16-6-2-1-3-7-16)18-11-12-21-19(15-18)14-17-8-4-5-9-20(17)21/h1-13,15H,14H2. The number of rotatable bonds is 3. The molecular formula is C22H16O. The molecule has 0 bridgehead atoms. The SMILES string of the molecule is O=C(C=Cc1ccccc1)c1ccc2c(c1)Cc1ccccc1-2. The quantitative estimate of drug-likeness (QED) is 0.377. The Morgan fingerprint density at radius 2 is 1.52 bits per heavy atom. The molecule has 110 valence electrons. The van der Waals surface area contributed by atoms with E-state index in [0.29, 0.717) is 0 Å². The number of allylic oxidation sites excluding steroid dienone is 1. The highest BCUT2D eigenvalue weighted by Crippen LogP contribution is 2.36. The molecular weight excluding hydrogens is 280 g/mol. The molecule has 0 atom stereocenters. The summed E-state index contributed by atoms with van der Waals surface area (Å²) < 4.78 is 0. The molecule has 0 aliphatic heterocycles. The van der Waals surface area contributed by atoms with Crippen LogP contribution in [0.15, 0.2) is 78.9 Å². The van der Waals surface area contributed by atoms with Gasteiger partial charge in [0.2, 0.25) is 0 Å². The lowest BCUT2D eigenvalue weighted by molar-refractivity contribution is 0.104. The Labute approximate surface area is 135 Å². The number of benzene rings is 3. The van der Waals surface area contributed by atoms with Crippen molar-refractivity contribution in [2.75, 3.05) is 0 Å². The van der Waals surface area contributed by atoms with Gasteiger partial charge in [0.25, 0.3) is 0 Å². The third kappa shape index (κ3) is 2.62. The third-order valence-electron chi connectivity index (χ3n) is 4.30. The molecule has 3 aromatic rings. The molecule has 0 amide bonds. The second-order valence-electron chi connectivity index (χ2n) is 5.81. The first-order chi connectivity index (χ1) is 11.3. The fourth-order valence-corrected chi connectivity index (χ4v) is 3.13. The van der Waals surface area contributed by atoms with Crippen LogP contribution in [0.2, 0.25) is 0 Å². The van der Waals surface area contributed by atoms with Gasteiger partial charge >= 0.3 is 0 Å². The summed E-state index contributed by atoms with van der Waals surface area (Å²) in [5.74, 6) is 0.0487. The van der Waals surface area contributed by atoms with Crippen molar-refractivity contribution in [2.24, 2.45) is 0 Å². The van der Waals surface area contributed by atoms with Gasteiger partial charge in [-0.25, -0.2) is 0 Å². The van der Waals surface area contributed by atoms with Gasteiger partial charge in [-0.15, -0.1) is 0 Å². The van der Waals surface area contributed by atoms with Gasteiger partial charge in [-0.3, -0.25) is 4.79 Å². The molecule has 0 aromatic heterocycles. The Balaban J connectivity index is 1.61. The van der Waals surface area contributed by atoms with Crippen molar-refractivity contribution in [3.8, 4) is 11.1 Å². The van der Waals surface area contributed by atoms with Crippen LogP contribution in [-0.2, 0) is 6.42 Å². The summed E-state index contributed by atoms with van der Waals surface area (Å²) in [5.41, 5.74) is 6.92. The van der Waals surface area contributed by atoms with E-state index in [1.807, 2.05) is 48.5 Å². The summed E-state index contributed by atoms with van der Waals surface area (Å²) in [6.07, 6.45) is 4.43. The summed E-state index contributed by atoms with van der Waals surface area (Å²) in [7, 11) is 0. The number of hydrogen-bond acceptors (Lipinski definition) is 1. The monoisotopic (exact) mass is 296 g/mol. The zero-order valence-electron chi connectivity index (χ0n) is 12.7. The first kappa shape index (κ1) is 13.7. The van der Waals surface area contributed by atoms with Crippen molar-refractivity contribution >= 4 is 11.9 Å². The Morgan fingerprint density at radius 3 is 2.39 bits per heavy atom. The van der Waals surface area contributed by atoms with E-state index >= 15 is 0 Å². The topological polar surface area (TPSA) is 17.1 Å². The van der Waals surface area contributed by atoms with Crippen LogP contribution in [-0.4, -0.2) is 5.78 Å². The normalized spacial score (nSPS) is 12.2. The predicted molar refractivity (Wildman–Crippen MR) is 94.5 cm³/mol. The summed E-state index contributed by atoms with van der Waals surface area (Å²) in [6, 6.07) is 24.4. The molecule has 0 fully saturated rings. The maximum Gasteiger partial charge on any atom is 0.185 e. The number of fused-ring (bicyclic) bond motifs is 3. The largest absolute Gasteiger partial charge is 0.289 e. The first-order valence-electron chi connectivity index (χ1n) is 7.80. The van der Waals surface area contributed by atoms with E-state index in [9.17, 15) is 4.79 Å². The average molecular weight is 296 g/mol. The lowest BCUT2D eigenvalue weighted by Gasteiger charge is -2.03. The Morgan fingerprint density at radius 1 is 0.783 bits per heavy atom. The van der Waals surface area contributed by atoms with Crippen molar-refractivity contribution in [1.82, 2.24) is 0 Å². The first-order valence-corrected chi connectivity index (χ1v) is 7.80. The molecule has 23 heavy (non-hydrogen) atoms. The molecule has 1 heteroatoms. The Kier molecular flexibility index (Phi) is 3.39. The van der Waals surface area contributed by atoms with E-state index in [0.717, 1.165) is 17.5 Å². The summed E-state index contributed by atoms with van der Waals surface area (Å²) in [6.45, 7) is 0. The molecule has 0 saturated carbocycles. The molecule has 0 radical (unpaired) electrons. The van der Waals surface area contributed by atoms with Crippen LogP contribution in [0, 0.1) is 0 Å². The molecule has 4 rings (SSSR count). The van der Waals surface area contributed by atoms with Gasteiger partial charge in [-0.2, -0.15) is 0 Å². The van der Waals surface area contributed by atoms with Crippen molar-refractivity contribution in [3.05, 3.63) is 101 Å². The fraction of sp³-hybridized carbons (Fsp3) is 0.0455. The van der Waals surface area contributed by atoms with Crippen LogP contribution in [0.3, 0.4) is 0 Å². The van der Waals surface area contributed by atoms with Crippen molar-refractivity contribution in [3.63, 3.8) is 0 Å². The van der Waals surface area contributed by atoms with Crippen LogP contribution < -0.4 is 0 Å². The molecule has 1 nitrogen and oxygen atoms in total. The highest BCUT2D eigenvalue weighted by molar-refractivity contribution is 6.07. The van der Waals surface area contributed by atoms with E-state index in [2.05, 4.69) is 30.3 Å². The maximum absolute atomic E-state index is 12.4. The van der Waals surface area contributed by atoms with Gasteiger partial charge in [-0.1, -0.05) is 72.8 Å². The van der Waals surface area contributed by atoms with Crippen molar-refractivity contribution in [2.45, 2.75) is 6.42 Å². The third-order valence-corrected chi connectivity index (χ3v) is 4.30. The van der Waals surface area contributed by atoms with Crippen LogP contribution >= 0.6 is 0 Å². The van der Waals surface area contributed by atoms with Crippen LogP contribution in [0.1, 0.15) is 27.0 Å². The molecule has 0 N–H and O–H groups in total. The number of carbonyl (C=O) groups excluding carboxylic acids is 1.